The van der Waals surface area contributed by atoms with Gasteiger partial charge in [-0.2, -0.15) is 13.2 Å². The molecule has 45 heavy (non-hydrogen) atoms. The molecule has 12 heteroatoms. The van der Waals surface area contributed by atoms with Crippen molar-refractivity contribution < 1.29 is 40.7 Å². The number of nitrogens with zero attached hydrogens (tertiary/aromatic N) is 1. The number of rotatable bonds is 10. The highest BCUT2D eigenvalue weighted by Crippen LogP contribution is 2.38. The molecular weight excluding hydrogens is 609 g/mol. The number of anilines is 1. The quantitative estimate of drug-likeness (QED) is 0.184. The molecule has 0 saturated carbocycles. The molecule has 0 aliphatic carbocycles. The third-order valence-electron chi connectivity index (χ3n) is 7.31. The van der Waals surface area contributed by atoms with Crippen LogP contribution in [0.15, 0.2) is 102 Å². The Hall–Kier alpha value is -4.84. The van der Waals surface area contributed by atoms with Gasteiger partial charge in [0.05, 0.1) is 36.2 Å². The van der Waals surface area contributed by atoms with Crippen molar-refractivity contribution in [2.45, 2.75) is 30.0 Å². The summed E-state index contributed by atoms with van der Waals surface area (Å²) in [4.78, 5) is 24.8. The lowest BCUT2D eigenvalue weighted by atomic mass is 10.0. The Bertz CT molecular complexity index is 1810. The largest absolute Gasteiger partial charge is 0.492 e. The molecule has 4 aromatic rings. The van der Waals surface area contributed by atoms with Crippen LogP contribution in [0.5, 0.6) is 5.75 Å². The van der Waals surface area contributed by atoms with E-state index in [0.29, 0.717) is 28.1 Å². The predicted molar refractivity (Wildman–Crippen MR) is 161 cm³/mol. The van der Waals surface area contributed by atoms with Crippen LogP contribution in [0, 0.1) is 0 Å². The number of para-hydroxylation sites is 1. The van der Waals surface area contributed by atoms with Gasteiger partial charge in [-0.3, -0.25) is 13.9 Å². The zero-order valence-corrected chi connectivity index (χ0v) is 24.9. The fourth-order valence-corrected chi connectivity index (χ4v) is 6.76. The minimum Gasteiger partial charge on any atom is -0.492 e. The number of nitrogens with one attached hydrogen (secondary N) is 1. The fraction of sp³-hybridized carbons (Fsp3) is 0.212. The molecule has 0 aromatic heterocycles. The van der Waals surface area contributed by atoms with Crippen molar-refractivity contribution in [2.24, 2.45) is 0 Å². The Labute approximate surface area is 258 Å². The number of halogens is 3. The molecule has 0 saturated heterocycles. The van der Waals surface area contributed by atoms with E-state index in [-0.39, 0.29) is 42.4 Å². The van der Waals surface area contributed by atoms with Crippen LogP contribution < -0.4 is 14.4 Å². The minimum absolute atomic E-state index is 0.0882. The molecule has 0 fully saturated rings. The molecular formula is C33H29F3N2O6S. The summed E-state index contributed by atoms with van der Waals surface area (Å²) in [5, 5.41) is 2.75. The number of esters is 1. The van der Waals surface area contributed by atoms with E-state index in [4.69, 9.17) is 4.74 Å². The monoisotopic (exact) mass is 638 g/mol. The van der Waals surface area contributed by atoms with Crippen molar-refractivity contribution in [3.63, 3.8) is 0 Å². The Morgan fingerprint density at radius 3 is 2.38 bits per heavy atom. The van der Waals surface area contributed by atoms with E-state index in [1.165, 1.54) is 43.5 Å². The summed E-state index contributed by atoms with van der Waals surface area (Å²) in [7, 11) is -2.94. The second kappa shape index (κ2) is 13.0. The zero-order chi connectivity index (χ0) is 32.2. The van der Waals surface area contributed by atoms with Gasteiger partial charge in [0.15, 0.2) is 0 Å². The summed E-state index contributed by atoms with van der Waals surface area (Å²) in [6.07, 6.45) is -4.27. The van der Waals surface area contributed by atoms with Crippen LogP contribution in [-0.4, -0.2) is 46.6 Å². The van der Waals surface area contributed by atoms with E-state index in [1.54, 1.807) is 48.5 Å². The van der Waals surface area contributed by atoms with Gasteiger partial charge < -0.3 is 14.8 Å². The van der Waals surface area contributed by atoms with E-state index >= 15 is 0 Å². The molecule has 1 amide bonds. The van der Waals surface area contributed by atoms with Crippen molar-refractivity contribution in [1.29, 1.82) is 0 Å². The molecule has 0 radical (unpaired) electrons. The van der Waals surface area contributed by atoms with Crippen molar-refractivity contribution >= 4 is 27.6 Å². The zero-order valence-electron chi connectivity index (χ0n) is 24.1. The highest BCUT2D eigenvalue weighted by atomic mass is 32.2. The van der Waals surface area contributed by atoms with Gasteiger partial charge in [0.2, 0.25) is 5.91 Å². The lowest BCUT2D eigenvalue weighted by Gasteiger charge is -2.26. The second-order valence-electron chi connectivity index (χ2n) is 10.3. The number of ether oxygens (including phenoxy) is 2. The van der Waals surface area contributed by atoms with Gasteiger partial charge in [0.1, 0.15) is 18.4 Å². The van der Waals surface area contributed by atoms with Crippen LogP contribution in [0.3, 0.4) is 0 Å². The molecule has 1 aliphatic rings. The molecule has 1 N–H and O–H groups in total. The molecule has 0 unspecified atom stereocenters. The van der Waals surface area contributed by atoms with Crippen LogP contribution >= 0.6 is 0 Å². The van der Waals surface area contributed by atoms with Crippen LogP contribution in [0.4, 0.5) is 18.9 Å². The number of sulfonamides is 1. The van der Waals surface area contributed by atoms with Gasteiger partial charge in [-0.25, -0.2) is 8.42 Å². The van der Waals surface area contributed by atoms with Gasteiger partial charge in [0, 0.05) is 6.42 Å². The normalized spacial score (nSPS) is 14.5. The summed E-state index contributed by atoms with van der Waals surface area (Å²) in [5.74, 6) is -0.404. The average Bonchev–Trinajstić information content (AvgIpc) is 3.44. The number of carbonyl (C=O) groups is 2. The summed E-state index contributed by atoms with van der Waals surface area (Å²) < 4.78 is 78.9. The molecule has 0 bridgehead atoms. The molecule has 8 nitrogen and oxygen atoms in total. The van der Waals surface area contributed by atoms with Gasteiger partial charge >= 0.3 is 12.1 Å². The minimum atomic E-state index is -4.51. The van der Waals surface area contributed by atoms with E-state index in [1.807, 2.05) is 0 Å². The van der Waals surface area contributed by atoms with E-state index in [2.05, 4.69) is 10.1 Å². The standard InChI is InChI=1S/C33H29F3N2O6S/c1-43-31(39)19-22-6-4-10-27(18-22)44-17-16-37-32(40)30-21-25-7-2-3-11-29(25)38(30)45(41,42)28-14-12-23(13-15-28)24-8-5-9-26(20-24)33(34,35)36/h2-15,18,20,30H,16-17,19,21H2,1H3,(H,37,40)/t30-/m0/s1. The van der Waals surface area contributed by atoms with Crippen LogP contribution in [0.1, 0.15) is 16.7 Å². The number of fused-ring (bicyclic) bond motifs is 1. The van der Waals surface area contributed by atoms with Crippen LogP contribution in [0.2, 0.25) is 0 Å². The predicted octanol–water partition coefficient (Wildman–Crippen LogP) is 5.40. The third-order valence-corrected chi connectivity index (χ3v) is 9.14. The summed E-state index contributed by atoms with van der Waals surface area (Å²) >= 11 is 0. The SMILES string of the molecule is COC(=O)Cc1cccc(OCCNC(=O)[C@@H]2Cc3ccccc3N2S(=O)(=O)c2ccc(-c3cccc(C(F)(F)F)c3)cc2)c1. The number of hydrogen-bond donors (Lipinski definition) is 1. The first-order chi connectivity index (χ1) is 21.5. The summed E-state index contributed by atoms with van der Waals surface area (Å²) in [5.41, 5.74) is 1.65. The van der Waals surface area contributed by atoms with Crippen LogP contribution in [-0.2, 0) is 43.4 Å². The number of hydrogen-bond acceptors (Lipinski definition) is 6. The summed E-state index contributed by atoms with van der Waals surface area (Å²) in [6.45, 7) is 0.184. The van der Waals surface area contributed by atoms with Crippen molar-refractivity contribution in [3.8, 4) is 16.9 Å². The molecule has 5 rings (SSSR count). The molecule has 0 spiro atoms. The van der Waals surface area contributed by atoms with Gasteiger partial charge in [-0.1, -0.05) is 54.6 Å². The fourth-order valence-electron chi connectivity index (χ4n) is 5.11. The first kappa shape index (κ1) is 31.6. The second-order valence-corrected chi connectivity index (χ2v) is 12.1. The maximum absolute atomic E-state index is 13.9. The van der Waals surface area contributed by atoms with E-state index in [0.717, 1.165) is 16.4 Å². The Morgan fingerprint density at radius 1 is 0.911 bits per heavy atom. The molecule has 1 aliphatic heterocycles. The molecule has 4 aromatic carbocycles. The highest BCUT2D eigenvalue weighted by Gasteiger charge is 2.42. The lowest BCUT2D eigenvalue weighted by Crippen LogP contribution is -2.48. The molecule has 234 valence electrons. The lowest BCUT2D eigenvalue weighted by molar-refractivity contribution is -0.140. The average molecular weight is 639 g/mol. The maximum Gasteiger partial charge on any atom is 0.416 e. The number of carbonyl (C=O) groups excluding carboxylic acids is 2. The van der Waals surface area contributed by atoms with E-state index < -0.39 is 33.7 Å². The number of methoxy groups -OCH3 is 1. The van der Waals surface area contributed by atoms with Crippen molar-refractivity contribution in [1.82, 2.24) is 5.32 Å². The Balaban J connectivity index is 1.30. The third kappa shape index (κ3) is 7.12. The topological polar surface area (TPSA) is 102 Å². The van der Waals surface area contributed by atoms with Gasteiger partial charge in [-0.15, -0.1) is 0 Å². The smallest absolute Gasteiger partial charge is 0.416 e. The van der Waals surface area contributed by atoms with Crippen molar-refractivity contribution in [2.75, 3.05) is 24.6 Å². The van der Waals surface area contributed by atoms with E-state index in [9.17, 15) is 31.2 Å². The molecule has 1 heterocycles. The van der Waals surface area contributed by atoms with Crippen LogP contribution in [0.25, 0.3) is 11.1 Å². The number of amides is 1. The Kier molecular flexibility index (Phi) is 9.14. The molecule has 1 atom stereocenters. The van der Waals surface area contributed by atoms with Crippen molar-refractivity contribution in [3.05, 3.63) is 114 Å². The highest BCUT2D eigenvalue weighted by molar-refractivity contribution is 7.93. The number of benzene rings is 4. The first-order valence-electron chi connectivity index (χ1n) is 13.9. The maximum atomic E-state index is 13.9. The Morgan fingerprint density at radius 2 is 1.64 bits per heavy atom. The summed E-state index contributed by atoms with van der Waals surface area (Å²) in [6, 6.07) is 23.0. The number of alkyl halides is 3. The first-order valence-corrected chi connectivity index (χ1v) is 15.4. The van der Waals surface area contributed by atoms with Gasteiger partial charge in [-0.05, 0) is 64.7 Å². The van der Waals surface area contributed by atoms with Gasteiger partial charge in [0.25, 0.3) is 10.0 Å².